The van der Waals surface area contributed by atoms with Crippen molar-refractivity contribution in [2.45, 2.75) is 59.3 Å². The largest absolute Gasteiger partial charge is 0.508 e. The average molecular weight is 459 g/mol. The Labute approximate surface area is 202 Å². The van der Waals surface area contributed by atoms with Crippen molar-refractivity contribution < 1.29 is 20.1 Å². The Morgan fingerprint density at radius 2 is 1.41 bits per heavy atom. The molecule has 0 saturated carbocycles. The van der Waals surface area contributed by atoms with Crippen LogP contribution in [0.1, 0.15) is 74.9 Å². The summed E-state index contributed by atoms with van der Waals surface area (Å²) in [7, 11) is 0. The van der Waals surface area contributed by atoms with Crippen LogP contribution in [0.25, 0.3) is 11.1 Å². The number of phenols is 3. The molecule has 3 aromatic rings. The average Bonchev–Trinajstić information content (AvgIpc) is 2.75. The molecule has 1 heterocycles. The van der Waals surface area contributed by atoms with Gasteiger partial charge in [0.1, 0.15) is 29.6 Å². The molecule has 3 N–H and O–H groups in total. The second-order valence-electron chi connectivity index (χ2n) is 11.2. The molecule has 4 heteroatoms. The van der Waals surface area contributed by atoms with Gasteiger partial charge in [-0.15, -0.1) is 0 Å². The quantitative estimate of drug-likeness (QED) is 0.384. The van der Waals surface area contributed by atoms with Crippen molar-refractivity contribution in [3.05, 3.63) is 81.9 Å². The molecule has 4 nitrogen and oxygen atoms in total. The molecular formula is C30H34O4. The van der Waals surface area contributed by atoms with E-state index in [-0.39, 0.29) is 34.7 Å². The van der Waals surface area contributed by atoms with Crippen LogP contribution in [0, 0.1) is 6.92 Å². The monoisotopic (exact) mass is 458 g/mol. The summed E-state index contributed by atoms with van der Waals surface area (Å²) in [5, 5.41) is 31.7. The highest BCUT2D eigenvalue weighted by atomic mass is 16.5. The van der Waals surface area contributed by atoms with Crippen molar-refractivity contribution in [1.82, 2.24) is 0 Å². The minimum absolute atomic E-state index is 0.114. The van der Waals surface area contributed by atoms with E-state index in [1.165, 1.54) is 0 Å². The molecular weight excluding hydrogens is 424 g/mol. The number of aromatic hydroxyl groups is 3. The Morgan fingerprint density at radius 3 is 2.00 bits per heavy atom. The minimum Gasteiger partial charge on any atom is -0.508 e. The number of fused-ring (bicyclic) bond motifs is 1. The lowest BCUT2D eigenvalue weighted by molar-refractivity contribution is 0.356. The maximum absolute atomic E-state index is 11.6. The van der Waals surface area contributed by atoms with Crippen molar-refractivity contribution >= 4 is 11.1 Å². The summed E-state index contributed by atoms with van der Waals surface area (Å²) < 4.78 is 6.21. The molecule has 1 aliphatic rings. The molecule has 0 saturated heterocycles. The molecule has 0 radical (unpaired) electrons. The van der Waals surface area contributed by atoms with E-state index < -0.39 is 0 Å². The topological polar surface area (TPSA) is 69.9 Å². The van der Waals surface area contributed by atoms with Gasteiger partial charge in [0.05, 0.1) is 0 Å². The number of hydrogen-bond donors (Lipinski definition) is 3. The van der Waals surface area contributed by atoms with E-state index in [9.17, 15) is 15.3 Å². The second-order valence-corrected chi connectivity index (χ2v) is 11.2. The van der Waals surface area contributed by atoms with Gasteiger partial charge in [-0.25, -0.2) is 0 Å². The van der Waals surface area contributed by atoms with E-state index >= 15 is 0 Å². The molecule has 0 aromatic heterocycles. The van der Waals surface area contributed by atoms with Gasteiger partial charge in [0.25, 0.3) is 0 Å². The van der Waals surface area contributed by atoms with Crippen molar-refractivity contribution in [2.24, 2.45) is 0 Å². The third kappa shape index (κ3) is 4.13. The third-order valence-electron chi connectivity index (χ3n) is 6.57. The Balaban J connectivity index is 2.11. The van der Waals surface area contributed by atoms with Gasteiger partial charge in [-0.05, 0) is 64.8 Å². The van der Waals surface area contributed by atoms with E-state index in [4.69, 9.17) is 4.74 Å². The molecule has 178 valence electrons. The SMILES string of the molecule is Cc1c(O)ccc2c1OCC(c1cc(C(C)(C)C)cc(C(C)(C)C)c1O)=C2c1ccc(O)cc1. The summed E-state index contributed by atoms with van der Waals surface area (Å²) in [4.78, 5) is 0. The van der Waals surface area contributed by atoms with Crippen LogP contribution < -0.4 is 4.74 Å². The molecule has 0 aliphatic carbocycles. The molecule has 4 rings (SSSR count). The van der Waals surface area contributed by atoms with Gasteiger partial charge >= 0.3 is 0 Å². The zero-order valence-corrected chi connectivity index (χ0v) is 21.1. The van der Waals surface area contributed by atoms with Crippen molar-refractivity contribution in [2.75, 3.05) is 6.61 Å². The highest BCUT2D eigenvalue weighted by molar-refractivity contribution is 6.03. The van der Waals surface area contributed by atoms with Gasteiger partial charge in [0, 0.05) is 27.8 Å². The lowest BCUT2D eigenvalue weighted by atomic mass is 9.77. The first-order valence-electron chi connectivity index (χ1n) is 11.7. The smallest absolute Gasteiger partial charge is 0.134 e. The summed E-state index contributed by atoms with van der Waals surface area (Å²) in [6, 6.07) is 14.8. The maximum Gasteiger partial charge on any atom is 0.134 e. The fourth-order valence-corrected chi connectivity index (χ4v) is 4.48. The van der Waals surface area contributed by atoms with E-state index in [0.717, 1.165) is 39.0 Å². The predicted octanol–water partition coefficient (Wildman–Crippen LogP) is 7.06. The van der Waals surface area contributed by atoms with Crippen molar-refractivity contribution in [3.8, 4) is 23.0 Å². The number of ether oxygens (including phenoxy) is 1. The van der Waals surface area contributed by atoms with E-state index in [2.05, 4.69) is 53.7 Å². The molecule has 0 amide bonds. The van der Waals surface area contributed by atoms with Crippen LogP contribution in [-0.2, 0) is 10.8 Å². The third-order valence-corrected chi connectivity index (χ3v) is 6.57. The van der Waals surface area contributed by atoms with Crippen LogP contribution >= 0.6 is 0 Å². The highest BCUT2D eigenvalue weighted by Crippen LogP contribution is 2.48. The normalized spacial score (nSPS) is 14.1. The van der Waals surface area contributed by atoms with Gasteiger partial charge in [-0.3, -0.25) is 0 Å². The maximum atomic E-state index is 11.6. The summed E-state index contributed by atoms with van der Waals surface area (Å²) in [6.45, 7) is 14.9. The van der Waals surface area contributed by atoms with Gasteiger partial charge in [-0.1, -0.05) is 59.7 Å². The lowest BCUT2D eigenvalue weighted by Gasteiger charge is -2.31. The van der Waals surface area contributed by atoms with Gasteiger partial charge in [-0.2, -0.15) is 0 Å². The highest BCUT2D eigenvalue weighted by Gasteiger charge is 2.30. The first kappa shape index (κ1) is 23.7. The molecule has 3 aromatic carbocycles. The summed E-state index contributed by atoms with van der Waals surface area (Å²) in [6.07, 6.45) is 0. The van der Waals surface area contributed by atoms with E-state index in [1.807, 2.05) is 25.1 Å². The fraction of sp³-hybridized carbons (Fsp3) is 0.333. The molecule has 0 spiro atoms. The molecule has 1 aliphatic heterocycles. The number of hydrogen-bond acceptors (Lipinski definition) is 4. The molecule has 0 unspecified atom stereocenters. The van der Waals surface area contributed by atoms with Crippen LogP contribution in [0.5, 0.6) is 23.0 Å². The zero-order chi connectivity index (χ0) is 25.0. The molecule has 0 atom stereocenters. The van der Waals surface area contributed by atoms with Crippen LogP contribution in [0.2, 0.25) is 0 Å². The number of rotatable bonds is 2. The van der Waals surface area contributed by atoms with Crippen LogP contribution in [0.15, 0.2) is 48.5 Å². The molecule has 0 bridgehead atoms. The Hall–Kier alpha value is -3.40. The standard InChI is InChI=1S/C30H34O4/c1-17-25(32)13-12-21-26(18-8-10-20(31)11-9-18)23(16-34-28(17)21)22-14-19(29(2,3)4)15-24(27(22)33)30(5,6)7/h8-15,31-33H,16H2,1-7H3. The van der Waals surface area contributed by atoms with E-state index in [0.29, 0.717) is 11.3 Å². The second kappa shape index (κ2) is 8.12. The number of benzene rings is 3. The van der Waals surface area contributed by atoms with Crippen molar-refractivity contribution in [3.63, 3.8) is 0 Å². The first-order chi connectivity index (χ1) is 15.8. The predicted molar refractivity (Wildman–Crippen MR) is 138 cm³/mol. The van der Waals surface area contributed by atoms with Gasteiger partial charge < -0.3 is 20.1 Å². The van der Waals surface area contributed by atoms with E-state index in [1.54, 1.807) is 18.2 Å². The molecule has 34 heavy (non-hydrogen) atoms. The van der Waals surface area contributed by atoms with Crippen LogP contribution in [-0.4, -0.2) is 21.9 Å². The Morgan fingerprint density at radius 1 is 0.765 bits per heavy atom. The minimum atomic E-state index is -0.255. The van der Waals surface area contributed by atoms with Crippen LogP contribution in [0.3, 0.4) is 0 Å². The number of phenolic OH excluding ortho intramolecular Hbond substituents is 3. The first-order valence-corrected chi connectivity index (χ1v) is 11.7. The Kier molecular flexibility index (Phi) is 5.67. The summed E-state index contributed by atoms with van der Waals surface area (Å²) in [5.41, 5.74) is 6.62. The van der Waals surface area contributed by atoms with Crippen LogP contribution in [0.4, 0.5) is 0 Å². The Bertz CT molecular complexity index is 1280. The summed E-state index contributed by atoms with van der Waals surface area (Å²) in [5.74, 6) is 1.26. The van der Waals surface area contributed by atoms with Gasteiger partial charge in [0.2, 0.25) is 0 Å². The van der Waals surface area contributed by atoms with Crippen molar-refractivity contribution in [1.29, 1.82) is 0 Å². The zero-order valence-electron chi connectivity index (χ0n) is 21.1. The van der Waals surface area contributed by atoms with Gasteiger partial charge in [0.15, 0.2) is 0 Å². The summed E-state index contributed by atoms with van der Waals surface area (Å²) >= 11 is 0. The fourth-order valence-electron chi connectivity index (χ4n) is 4.48. The molecule has 0 fully saturated rings. The lowest BCUT2D eigenvalue weighted by Crippen LogP contribution is -2.19.